The van der Waals surface area contributed by atoms with Gasteiger partial charge in [0.05, 0.1) is 6.04 Å². The highest BCUT2D eigenvalue weighted by Gasteiger charge is 2.31. The quantitative estimate of drug-likeness (QED) is 0.114. The molecule has 42 heavy (non-hydrogen) atoms. The summed E-state index contributed by atoms with van der Waals surface area (Å²) in [6.45, 7) is 0. The standard InChI is InChI=1S/C28H35N5O9/c29-19(14-16-4-2-1-3-5-16)25(38)31-21(11-13-24(36)37)26(39)32-20(10-12-23(30)35)27(40)33-22(28(41)42)15-17-6-8-18(34)9-7-17/h1-9,19-22,34H,10-15,29H2,(H2,30,35)(H,31,38)(H,32,39)(H,33,40)(H,36,37)(H,41,42). The van der Waals surface area contributed by atoms with Gasteiger partial charge in [-0.3, -0.25) is 24.0 Å². The van der Waals surface area contributed by atoms with Crippen LogP contribution in [0.5, 0.6) is 5.75 Å². The van der Waals surface area contributed by atoms with Gasteiger partial charge in [0.1, 0.15) is 23.9 Å². The zero-order valence-corrected chi connectivity index (χ0v) is 22.7. The van der Waals surface area contributed by atoms with Crippen molar-refractivity contribution in [2.75, 3.05) is 0 Å². The Kier molecular flexibility index (Phi) is 12.9. The van der Waals surface area contributed by atoms with Gasteiger partial charge in [0, 0.05) is 19.3 Å². The number of hydrogen-bond donors (Lipinski definition) is 8. The number of benzene rings is 2. The molecule has 226 valence electrons. The average Bonchev–Trinajstić information content (AvgIpc) is 2.93. The molecule has 4 atom stereocenters. The lowest BCUT2D eigenvalue weighted by Crippen LogP contribution is -2.57. The molecule has 0 aliphatic rings. The normalized spacial score (nSPS) is 13.5. The van der Waals surface area contributed by atoms with Crippen molar-refractivity contribution in [2.24, 2.45) is 11.5 Å². The topological polar surface area (TPSA) is 251 Å². The summed E-state index contributed by atoms with van der Waals surface area (Å²) in [5.41, 5.74) is 12.4. The smallest absolute Gasteiger partial charge is 0.326 e. The number of aromatic hydroxyl groups is 1. The van der Waals surface area contributed by atoms with Crippen molar-refractivity contribution in [3.63, 3.8) is 0 Å². The van der Waals surface area contributed by atoms with E-state index in [2.05, 4.69) is 16.0 Å². The number of aliphatic carboxylic acids is 2. The third-order valence-corrected chi connectivity index (χ3v) is 6.22. The van der Waals surface area contributed by atoms with E-state index in [0.717, 1.165) is 5.56 Å². The van der Waals surface area contributed by atoms with E-state index in [0.29, 0.717) is 5.56 Å². The van der Waals surface area contributed by atoms with Gasteiger partial charge in [-0.15, -0.1) is 0 Å². The van der Waals surface area contributed by atoms with Crippen molar-refractivity contribution in [2.45, 2.75) is 62.7 Å². The molecule has 0 spiro atoms. The number of amides is 4. The van der Waals surface area contributed by atoms with E-state index < -0.39 is 66.2 Å². The number of carbonyl (C=O) groups excluding carboxylic acids is 4. The van der Waals surface area contributed by atoms with Crippen molar-refractivity contribution in [3.05, 3.63) is 65.7 Å². The van der Waals surface area contributed by atoms with Crippen molar-refractivity contribution < 1.29 is 44.1 Å². The Morgan fingerprint density at radius 1 is 0.667 bits per heavy atom. The van der Waals surface area contributed by atoms with E-state index in [1.165, 1.54) is 24.3 Å². The highest BCUT2D eigenvalue weighted by atomic mass is 16.4. The van der Waals surface area contributed by atoms with Crippen LogP contribution in [0.1, 0.15) is 36.8 Å². The summed E-state index contributed by atoms with van der Waals surface area (Å²) in [5, 5.41) is 35.3. The van der Waals surface area contributed by atoms with Gasteiger partial charge in [-0.2, -0.15) is 0 Å². The number of phenols is 1. The minimum Gasteiger partial charge on any atom is -0.508 e. The van der Waals surface area contributed by atoms with Crippen molar-refractivity contribution in [3.8, 4) is 5.75 Å². The largest absolute Gasteiger partial charge is 0.508 e. The summed E-state index contributed by atoms with van der Waals surface area (Å²) in [6.07, 6.45) is -1.50. The molecular weight excluding hydrogens is 550 g/mol. The summed E-state index contributed by atoms with van der Waals surface area (Å²) >= 11 is 0. The molecule has 0 aliphatic carbocycles. The molecule has 0 fully saturated rings. The molecule has 2 aromatic rings. The Morgan fingerprint density at radius 2 is 1.17 bits per heavy atom. The highest BCUT2D eigenvalue weighted by Crippen LogP contribution is 2.12. The van der Waals surface area contributed by atoms with Crippen LogP contribution in [-0.4, -0.2) is 75.1 Å². The molecule has 4 unspecified atom stereocenters. The number of nitrogens with one attached hydrogen (secondary N) is 3. The Labute approximate surface area is 241 Å². The summed E-state index contributed by atoms with van der Waals surface area (Å²) in [6, 6.07) is 9.12. The SMILES string of the molecule is NC(=O)CCC(NC(=O)C(CCC(=O)O)NC(=O)C(N)Cc1ccccc1)C(=O)NC(Cc1ccc(O)cc1)C(=O)O. The third-order valence-electron chi connectivity index (χ3n) is 6.22. The van der Waals surface area contributed by atoms with Gasteiger partial charge in [0.15, 0.2) is 0 Å². The average molecular weight is 586 g/mol. The number of carboxylic acid groups (broad SMARTS) is 2. The van der Waals surface area contributed by atoms with Crippen molar-refractivity contribution >= 4 is 35.6 Å². The summed E-state index contributed by atoms with van der Waals surface area (Å²) in [4.78, 5) is 73.5. The maximum absolute atomic E-state index is 13.2. The van der Waals surface area contributed by atoms with E-state index >= 15 is 0 Å². The number of carbonyl (C=O) groups is 6. The molecule has 0 radical (unpaired) electrons. The first-order chi connectivity index (χ1) is 19.8. The third kappa shape index (κ3) is 11.6. The maximum Gasteiger partial charge on any atom is 0.326 e. The van der Waals surface area contributed by atoms with Gasteiger partial charge in [-0.05, 0) is 42.5 Å². The first-order valence-corrected chi connectivity index (χ1v) is 13.1. The lowest BCUT2D eigenvalue weighted by Gasteiger charge is -2.25. The molecule has 0 bridgehead atoms. The summed E-state index contributed by atoms with van der Waals surface area (Å²) in [7, 11) is 0. The van der Waals surface area contributed by atoms with E-state index in [4.69, 9.17) is 16.6 Å². The second-order valence-corrected chi connectivity index (χ2v) is 9.63. The van der Waals surface area contributed by atoms with Crippen molar-refractivity contribution in [1.29, 1.82) is 0 Å². The monoisotopic (exact) mass is 585 g/mol. The zero-order chi connectivity index (χ0) is 31.2. The number of primary amides is 1. The second kappa shape index (κ2) is 16.3. The molecule has 0 aliphatic heterocycles. The van der Waals surface area contributed by atoms with Gasteiger partial charge < -0.3 is 42.7 Å². The molecule has 2 rings (SSSR count). The number of carboxylic acids is 2. The highest BCUT2D eigenvalue weighted by molar-refractivity contribution is 5.94. The van der Waals surface area contributed by atoms with E-state index in [1.54, 1.807) is 30.3 Å². The van der Waals surface area contributed by atoms with Crippen LogP contribution >= 0.6 is 0 Å². The van der Waals surface area contributed by atoms with E-state index in [9.17, 15) is 39.0 Å². The van der Waals surface area contributed by atoms with Gasteiger partial charge >= 0.3 is 11.9 Å². The number of hydrogen-bond acceptors (Lipinski definition) is 8. The van der Waals surface area contributed by atoms with Gasteiger partial charge in [0.2, 0.25) is 23.6 Å². The first kappa shape index (κ1) is 33.2. The van der Waals surface area contributed by atoms with E-state index in [-0.39, 0.29) is 37.9 Å². The predicted octanol–water partition coefficient (Wildman–Crippen LogP) is -0.826. The molecule has 0 saturated heterocycles. The lowest BCUT2D eigenvalue weighted by molar-refractivity contribution is -0.142. The van der Waals surface area contributed by atoms with Crippen LogP contribution in [-0.2, 0) is 41.6 Å². The molecule has 4 amide bonds. The molecular formula is C28H35N5O9. The maximum atomic E-state index is 13.2. The van der Waals surface area contributed by atoms with Crippen LogP contribution in [0, 0.1) is 0 Å². The van der Waals surface area contributed by atoms with Crippen LogP contribution in [0.2, 0.25) is 0 Å². The molecule has 10 N–H and O–H groups in total. The fourth-order valence-electron chi connectivity index (χ4n) is 3.94. The van der Waals surface area contributed by atoms with Gasteiger partial charge in [-0.25, -0.2) is 4.79 Å². The van der Waals surface area contributed by atoms with Gasteiger partial charge in [0.25, 0.3) is 0 Å². The lowest BCUT2D eigenvalue weighted by atomic mass is 10.0. The zero-order valence-electron chi connectivity index (χ0n) is 22.7. The molecule has 0 saturated carbocycles. The van der Waals surface area contributed by atoms with Gasteiger partial charge in [-0.1, -0.05) is 42.5 Å². The Morgan fingerprint density at radius 3 is 1.69 bits per heavy atom. The first-order valence-electron chi connectivity index (χ1n) is 13.1. The van der Waals surface area contributed by atoms with E-state index in [1.807, 2.05) is 0 Å². The second-order valence-electron chi connectivity index (χ2n) is 9.63. The van der Waals surface area contributed by atoms with Crippen LogP contribution in [0.4, 0.5) is 0 Å². The Balaban J connectivity index is 2.17. The number of nitrogens with two attached hydrogens (primary N) is 2. The molecule has 14 nitrogen and oxygen atoms in total. The Bertz CT molecular complexity index is 1250. The fourth-order valence-corrected chi connectivity index (χ4v) is 3.94. The minimum absolute atomic E-state index is 0.0329. The predicted molar refractivity (Wildman–Crippen MR) is 149 cm³/mol. The molecule has 0 heterocycles. The van der Waals surface area contributed by atoms with Crippen LogP contribution in [0.25, 0.3) is 0 Å². The summed E-state index contributed by atoms with van der Waals surface area (Å²) < 4.78 is 0. The number of rotatable bonds is 17. The molecule has 2 aromatic carbocycles. The van der Waals surface area contributed by atoms with Crippen LogP contribution < -0.4 is 27.4 Å². The molecule has 0 aromatic heterocycles. The number of phenolic OH excluding ortho intramolecular Hbond substituents is 1. The Hall–Kier alpha value is -4.98. The van der Waals surface area contributed by atoms with Crippen LogP contribution in [0.3, 0.4) is 0 Å². The molecule has 14 heteroatoms. The van der Waals surface area contributed by atoms with Crippen molar-refractivity contribution in [1.82, 2.24) is 16.0 Å². The fraction of sp³-hybridized carbons (Fsp3) is 0.357. The van der Waals surface area contributed by atoms with Crippen LogP contribution in [0.15, 0.2) is 54.6 Å². The minimum atomic E-state index is -1.45. The summed E-state index contributed by atoms with van der Waals surface area (Å²) in [5.74, 6) is -6.06.